The number of hydrogen-bond acceptors (Lipinski definition) is 7. The van der Waals surface area contributed by atoms with Crippen LogP contribution >= 0.6 is 0 Å². The summed E-state index contributed by atoms with van der Waals surface area (Å²) >= 11 is 0. The fraction of sp³-hybridized carbons (Fsp3) is 0.520. The third kappa shape index (κ3) is 5.09. The van der Waals surface area contributed by atoms with E-state index in [4.69, 9.17) is 9.72 Å². The SMILES string of the molecule is CC1(Nc2ncc3nc(Nc4cccc(C(F)(F)F)c4)n([C@H]4CC[C@H](C#N)CC4)c3n2)CCOCC1. The predicted octanol–water partition coefficient (Wildman–Crippen LogP) is 5.82. The number of hydrogen-bond donors (Lipinski definition) is 2. The first-order chi connectivity index (χ1) is 17.2. The third-order valence-corrected chi connectivity index (χ3v) is 7.13. The molecule has 0 bridgehead atoms. The third-order valence-electron chi connectivity index (χ3n) is 7.13. The highest BCUT2D eigenvalue weighted by Crippen LogP contribution is 2.38. The van der Waals surface area contributed by atoms with E-state index in [1.54, 1.807) is 12.3 Å². The summed E-state index contributed by atoms with van der Waals surface area (Å²) in [6.45, 7) is 3.44. The standard InChI is InChI=1S/C25H28F3N7O/c1-24(9-11-36-12-10-24)34-22-30-15-20-21(33-22)35(19-7-5-16(14-29)6-8-19)23(32-20)31-18-4-2-3-17(13-18)25(26,27)28/h2-4,13,15-16,19H,5-12H2,1H3,(H,31,32)(H,30,33,34)/t16-,19-. The van der Waals surface area contributed by atoms with Gasteiger partial charge in [-0.25, -0.2) is 9.97 Å². The summed E-state index contributed by atoms with van der Waals surface area (Å²) in [7, 11) is 0. The van der Waals surface area contributed by atoms with Crippen molar-refractivity contribution in [1.29, 1.82) is 5.26 Å². The van der Waals surface area contributed by atoms with Crippen molar-refractivity contribution >= 4 is 28.7 Å². The smallest absolute Gasteiger partial charge is 0.381 e. The van der Waals surface area contributed by atoms with Gasteiger partial charge in [0.25, 0.3) is 0 Å². The number of benzene rings is 1. The lowest BCUT2D eigenvalue weighted by Crippen LogP contribution is -2.41. The van der Waals surface area contributed by atoms with E-state index in [-0.39, 0.29) is 23.2 Å². The van der Waals surface area contributed by atoms with E-state index in [0.717, 1.165) is 50.7 Å². The summed E-state index contributed by atoms with van der Waals surface area (Å²) in [4.78, 5) is 13.9. The molecule has 11 heteroatoms. The maximum Gasteiger partial charge on any atom is 0.416 e. The van der Waals surface area contributed by atoms with Crippen LogP contribution in [-0.2, 0) is 10.9 Å². The lowest BCUT2D eigenvalue weighted by atomic mass is 9.87. The topological polar surface area (TPSA) is 101 Å². The van der Waals surface area contributed by atoms with E-state index < -0.39 is 11.7 Å². The van der Waals surface area contributed by atoms with E-state index >= 15 is 0 Å². The van der Waals surface area contributed by atoms with E-state index in [1.165, 1.54) is 6.07 Å². The Morgan fingerprint density at radius 2 is 1.89 bits per heavy atom. The van der Waals surface area contributed by atoms with Crippen LogP contribution in [0.1, 0.15) is 57.1 Å². The first-order valence-corrected chi connectivity index (χ1v) is 12.2. The van der Waals surface area contributed by atoms with Gasteiger partial charge in [-0.05, 0) is 63.6 Å². The van der Waals surface area contributed by atoms with Crippen molar-refractivity contribution < 1.29 is 17.9 Å². The molecule has 1 saturated carbocycles. The van der Waals surface area contributed by atoms with Crippen LogP contribution in [0.2, 0.25) is 0 Å². The van der Waals surface area contributed by atoms with Crippen LogP contribution in [0.5, 0.6) is 0 Å². The van der Waals surface area contributed by atoms with Crippen LogP contribution in [0.4, 0.5) is 30.8 Å². The molecule has 1 aliphatic heterocycles. The molecule has 3 aromatic rings. The van der Waals surface area contributed by atoms with Crippen molar-refractivity contribution in [3.8, 4) is 6.07 Å². The highest BCUT2D eigenvalue weighted by molar-refractivity contribution is 5.76. The van der Waals surface area contributed by atoms with Gasteiger partial charge in [-0.3, -0.25) is 4.57 Å². The summed E-state index contributed by atoms with van der Waals surface area (Å²) in [6.07, 6.45) is 1.85. The highest BCUT2D eigenvalue weighted by Gasteiger charge is 2.32. The molecule has 0 spiro atoms. The Kier molecular flexibility index (Phi) is 6.47. The quantitative estimate of drug-likeness (QED) is 0.456. The van der Waals surface area contributed by atoms with Gasteiger partial charge in [0.05, 0.1) is 17.8 Å². The van der Waals surface area contributed by atoms with Gasteiger partial charge in [0, 0.05) is 36.4 Å². The zero-order valence-electron chi connectivity index (χ0n) is 20.0. The molecule has 0 radical (unpaired) electrons. The Hall–Kier alpha value is -3.39. The fourth-order valence-electron chi connectivity index (χ4n) is 4.97. The Morgan fingerprint density at radius 3 is 2.58 bits per heavy atom. The van der Waals surface area contributed by atoms with Crippen LogP contribution in [0, 0.1) is 17.2 Å². The lowest BCUT2D eigenvalue weighted by molar-refractivity contribution is -0.137. The van der Waals surface area contributed by atoms with Gasteiger partial charge in [0.1, 0.15) is 5.52 Å². The van der Waals surface area contributed by atoms with Crippen LogP contribution in [0.3, 0.4) is 0 Å². The molecule has 8 nitrogen and oxygen atoms in total. The highest BCUT2D eigenvalue weighted by atomic mass is 19.4. The summed E-state index contributed by atoms with van der Waals surface area (Å²) in [5.74, 6) is 0.897. The number of alkyl halides is 3. The minimum absolute atomic E-state index is 0.00863. The maximum atomic E-state index is 13.3. The molecule has 190 valence electrons. The Morgan fingerprint density at radius 1 is 1.14 bits per heavy atom. The number of anilines is 3. The maximum absolute atomic E-state index is 13.3. The first-order valence-electron chi connectivity index (χ1n) is 12.2. The van der Waals surface area contributed by atoms with Crippen LogP contribution in [0.15, 0.2) is 30.5 Å². The van der Waals surface area contributed by atoms with Gasteiger partial charge in [-0.1, -0.05) is 6.07 Å². The second kappa shape index (κ2) is 9.58. The molecule has 2 aromatic heterocycles. The monoisotopic (exact) mass is 499 g/mol. The molecular formula is C25H28F3N7O. The number of fused-ring (bicyclic) bond motifs is 1. The minimum Gasteiger partial charge on any atom is -0.381 e. The van der Waals surface area contributed by atoms with Gasteiger partial charge in [-0.15, -0.1) is 0 Å². The molecule has 36 heavy (non-hydrogen) atoms. The van der Waals surface area contributed by atoms with Gasteiger partial charge in [-0.2, -0.15) is 23.4 Å². The molecule has 0 amide bonds. The molecule has 3 heterocycles. The normalized spacial score (nSPS) is 22.2. The molecule has 2 aliphatic rings. The zero-order valence-corrected chi connectivity index (χ0v) is 20.0. The molecule has 1 saturated heterocycles. The number of rotatable bonds is 5. The van der Waals surface area contributed by atoms with Crippen LogP contribution < -0.4 is 10.6 Å². The van der Waals surface area contributed by atoms with Gasteiger partial charge in [0.2, 0.25) is 11.9 Å². The van der Waals surface area contributed by atoms with E-state index in [1.807, 2.05) is 4.57 Å². The summed E-state index contributed by atoms with van der Waals surface area (Å²) in [5, 5.41) is 15.9. The number of aromatic nitrogens is 4. The molecule has 1 aromatic carbocycles. The summed E-state index contributed by atoms with van der Waals surface area (Å²) in [5.41, 5.74) is 0.516. The van der Waals surface area contributed by atoms with Gasteiger partial charge >= 0.3 is 6.18 Å². The Labute approximate surface area is 206 Å². The molecule has 0 unspecified atom stereocenters. The average Bonchev–Trinajstić information content (AvgIpc) is 3.21. The van der Waals surface area contributed by atoms with Gasteiger partial charge in [0.15, 0.2) is 5.65 Å². The molecule has 2 N–H and O–H groups in total. The van der Waals surface area contributed by atoms with E-state index in [9.17, 15) is 18.4 Å². The molecule has 1 aliphatic carbocycles. The zero-order chi connectivity index (χ0) is 25.3. The van der Waals surface area contributed by atoms with Gasteiger partial charge < -0.3 is 15.4 Å². The van der Waals surface area contributed by atoms with Crippen molar-refractivity contribution in [3.05, 3.63) is 36.0 Å². The second-order valence-corrected chi connectivity index (χ2v) is 9.84. The lowest BCUT2D eigenvalue weighted by Gasteiger charge is -2.34. The molecule has 0 atom stereocenters. The molecular weight excluding hydrogens is 471 g/mol. The number of imidazole rings is 1. The van der Waals surface area contributed by atoms with Crippen molar-refractivity contribution in [3.63, 3.8) is 0 Å². The number of nitrogens with zero attached hydrogens (tertiary/aromatic N) is 5. The summed E-state index contributed by atoms with van der Waals surface area (Å²) in [6, 6.07) is 7.41. The number of nitriles is 1. The van der Waals surface area contributed by atoms with Crippen molar-refractivity contribution in [1.82, 2.24) is 19.5 Å². The van der Waals surface area contributed by atoms with Crippen molar-refractivity contribution in [2.45, 2.75) is 63.2 Å². The Balaban J connectivity index is 1.52. The fourth-order valence-corrected chi connectivity index (χ4v) is 4.97. The van der Waals surface area contributed by atoms with Crippen molar-refractivity contribution in [2.24, 2.45) is 5.92 Å². The number of halogens is 3. The van der Waals surface area contributed by atoms with E-state index in [2.05, 4.69) is 33.6 Å². The largest absolute Gasteiger partial charge is 0.416 e. The summed E-state index contributed by atoms with van der Waals surface area (Å²) < 4.78 is 47.3. The molecule has 2 fully saturated rings. The van der Waals surface area contributed by atoms with Crippen LogP contribution in [0.25, 0.3) is 11.2 Å². The molecule has 5 rings (SSSR count). The number of ether oxygens (including phenoxy) is 1. The van der Waals surface area contributed by atoms with Crippen LogP contribution in [-0.4, -0.2) is 38.3 Å². The minimum atomic E-state index is -4.44. The number of nitrogens with one attached hydrogen (secondary N) is 2. The van der Waals surface area contributed by atoms with E-state index in [0.29, 0.717) is 36.3 Å². The first kappa shape index (κ1) is 24.3. The van der Waals surface area contributed by atoms with Crippen molar-refractivity contribution in [2.75, 3.05) is 23.8 Å². The second-order valence-electron chi connectivity index (χ2n) is 9.84. The average molecular weight is 500 g/mol. The Bertz CT molecular complexity index is 1270. The predicted molar refractivity (Wildman–Crippen MR) is 129 cm³/mol.